The lowest BCUT2D eigenvalue weighted by Gasteiger charge is -2.13. The van der Waals surface area contributed by atoms with Gasteiger partial charge in [-0.25, -0.2) is 21.9 Å². The number of sulfonamides is 1. The second kappa shape index (κ2) is 6.66. The zero-order chi connectivity index (χ0) is 17.2. The van der Waals surface area contributed by atoms with E-state index in [1.807, 2.05) is 0 Å². The second-order valence-corrected chi connectivity index (χ2v) is 7.33. The highest BCUT2D eigenvalue weighted by molar-refractivity contribution is 7.89. The van der Waals surface area contributed by atoms with E-state index in [-0.39, 0.29) is 21.2 Å². The van der Waals surface area contributed by atoms with Crippen molar-refractivity contribution < 1.29 is 22.3 Å². The van der Waals surface area contributed by atoms with Gasteiger partial charge in [0.1, 0.15) is 11.6 Å². The second-order valence-electron chi connectivity index (χ2n) is 4.77. The predicted molar refractivity (Wildman–Crippen MR) is 83.7 cm³/mol. The first-order valence-corrected chi connectivity index (χ1v) is 8.23. The number of hydrogen-bond donors (Lipinski definition) is 0. The molecule has 8 heteroatoms. The monoisotopic (exact) mass is 357 g/mol. The molecule has 0 radical (unpaired) electrons. The largest absolute Gasteiger partial charge is 0.423 e. The maximum Gasteiger partial charge on any atom is 0.345 e. The maximum atomic E-state index is 12.8. The van der Waals surface area contributed by atoms with Crippen molar-refractivity contribution in [2.24, 2.45) is 0 Å². The Morgan fingerprint density at radius 3 is 2.30 bits per heavy atom. The summed E-state index contributed by atoms with van der Waals surface area (Å²) >= 11 is 5.94. The van der Waals surface area contributed by atoms with Gasteiger partial charge in [-0.15, -0.1) is 0 Å². The quantitative estimate of drug-likeness (QED) is 0.623. The lowest BCUT2D eigenvalue weighted by molar-refractivity contribution is 0.0734. The molecule has 0 amide bonds. The van der Waals surface area contributed by atoms with Gasteiger partial charge in [-0.3, -0.25) is 0 Å². The molecule has 0 saturated carbocycles. The van der Waals surface area contributed by atoms with Crippen molar-refractivity contribution >= 4 is 27.6 Å². The minimum atomic E-state index is -3.71. The minimum Gasteiger partial charge on any atom is -0.423 e. The molecule has 0 atom stereocenters. The van der Waals surface area contributed by atoms with Crippen molar-refractivity contribution in [1.82, 2.24) is 4.31 Å². The standard InChI is InChI=1S/C15H13ClFNO4S/c1-18(2)23(20,21)12-7-8-14(16)13(9-12)15(19)22-11-5-3-10(17)4-6-11/h3-9H,1-2H3. The fraction of sp³-hybridized carbons (Fsp3) is 0.133. The van der Waals surface area contributed by atoms with Gasteiger partial charge in [-0.2, -0.15) is 0 Å². The molecule has 0 unspecified atom stereocenters. The fourth-order valence-corrected chi connectivity index (χ4v) is 2.82. The molecule has 0 bridgehead atoms. The highest BCUT2D eigenvalue weighted by Gasteiger charge is 2.21. The summed E-state index contributed by atoms with van der Waals surface area (Å²) in [6.45, 7) is 0. The number of halogens is 2. The zero-order valence-corrected chi connectivity index (χ0v) is 13.9. The summed E-state index contributed by atoms with van der Waals surface area (Å²) in [6, 6.07) is 8.58. The van der Waals surface area contributed by atoms with E-state index >= 15 is 0 Å². The molecule has 0 saturated heterocycles. The Balaban J connectivity index is 2.35. The SMILES string of the molecule is CN(C)S(=O)(=O)c1ccc(Cl)c(C(=O)Oc2ccc(F)cc2)c1. The van der Waals surface area contributed by atoms with Gasteiger partial charge in [0.2, 0.25) is 10.0 Å². The molecule has 0 heterocycles. The number of hydrogen-bond acceptors (Lipinski definition) is 4. The number of carbonyl (C=O) groups is 1. The first-order chi connectivity index (χ1) is 10.7. The van der Waals surface area contributed by atoms with Crippen LogP contribution in [0.25, 0.3) is 0 Å². The summed E-state index contributed by atoms with van der Waals surface area (Å²) in [4.78, 5) is 12.1. The maximum absolute atomic E-state index is 12.8. The summed E-state index contributed by atoms with van der Waals surface area (Å²) in [5.74, 6) is -1.19. The Morgan fingerprint density at radius 1 is 1.13 bits per heavy atom. The van der Waals surface area contributed by atoms with Crippen LogP contribution in [-0.4, -0.2) is 32.8 Å². The van der Waals surface area contributed by atoms with Gasteiger partial charge in [0.15, 0.2) is 0 Å². The van der Waals surface area contributed by atoms with Crippen LogP contribution in [0.5, 0.6) is 5.75 Å². The normalized spacial score (nSPS) is 11.5. The van der Waals surface area contributed by atoms with Crippen LogP contribution in [0.4, 0.5) is 4.39 Å². The third kappa shape index (κ3) is 3.87. The molecule has 23 heavy (non-hydrogen) atoms. The van der Waals surface area contributed by atoms with E-state index in [0.717, 1.165) is 22.5 Å². The lowest BCUT2D eigenvalue weighted by Crippen LogP contribution is -2.22. The summed E-state index contributed by atoms with van der Waals surface area (Å²) in [5, 5.41) is 0.0508. The topological polar surface area (TPSA) is 63.7 Å². The van der Waals surface area contributed by atoms with E-state index in [1.54, 1.807) is 0 Å². The summed E-state index contributed by atoms with van der Waals surface area (Å²) < 4.78 is 43.1. The first-order valence-electron chi connectivity index (χ1n) is 6.41. The van der Waals surface area contributed by atoms with Crippen molar-refractivity contribution in [3.05, 3.63) is 58.9 Å². The van der Waals surface area contributed by atoms with E-state index in [9.17, 15) is 17.6 Å². The third-order valence-corrected chi connectivity index (χ3v) is 5.10. The molecule has 0 aromatic heterocycles. The van der Waals surface area contributed by atoms with E-state index in [2.05, 4.69) is 0 Å². The van der Waals surface area contributed by atoms with E-state index in [1.165, 1.54) is 38.4 Å². The van der Waals surface area contributed by atoms with E-state index in [0.29, 0.717) is 0 Å². The Labute approximate surface area is 138 Å². The van der Waals surface area contributed by atoms with Crippen LogP contribution >= 0.6 is 11.6 Å². The number of nitrogens with zero attached hydrogens (tertiary/aromatic N) is 1. The molecule has 2 aromatic rings. The summed E-state index contributed by atoms with van der Waals surface area (Å²) in [5.41, 5.74) is -0.0982. The van der Waals surface area contributed by atoms with Crippen LogP contribution in [0.1, 0.15) is 10.4 Å². The van der Waals surface area contributed by atoms with E-state index in [4.69, 9.17) is 16.3 Å². The lowest BCUT2D eigenvalue weighted by atomic mass is 10.2. The third-order valence-electron chi connectivity index (χ3n) is 2.96. The van der Waals surface area contributed by atoms with Gasteiger partial charge < -0.3 is 4.74 Å². The molecule has 2 aromatic carbocycles. The Bertz CT molecular complexity index is 835. The summed E-state index contributed by atoms with van der Waals surface area (Å²) in [7, 11) is -0.960. The van der Waals surface area contributed by atoms with Gasteiger partial charge >= 0.3 is 5.97 Å². The number of benzene rings is 2. The molecule has 0 aliphatic rings. The molecule has 5 nitrogen and oxygen atoms in total. The van der Waals surface area contributed by atoms with Crippen molar-refractivity contribution in [3.63, 3.8) is 0 Å². The van der Waals surface area contributed by atoms with Crippen molar-refractivity contribution in [1.29, 1.82) is 0 Å². The average Bonchev–Trinajstić information content (AvgIpc) is 2.49. The first kappa shape index (κ1) is 17.4. The molecular weight excluding hydrogens is 345 g/mol. The minimum absolute atomic E-state index is 0.0508. The van der Waals surface area contributed by atoms with Crippen molar-refractivity contribution in [3.8, 4) is 5.75 Å². The number of carbonyl (C=O) groups excluding carboxylic acids is 1. The molecule has 0 fully saturated rings. The smallest absolute Gasteiger partial charge is 0.345 e. The zero-order valence-electron chi connectivity index (χ0n) is 12.3. The Kier molecular flexibility index (Phi) is 5.03. The highest BCUT2D eigenvalue weighted by Crippen LogP contribution is 2.24. The Morgan fingerprint density at radius 2 is 1.74 bits per heavy atom. The van der Waals surface area contributed by atoms with Gasteiger partial charge in [0, 0.05) is 14.1 Å². The number of esters is 1. The molecule has 122 valence electrons. The molecule has 0 N–H and O–H groups in total. The molecule has 0 spiro atoms. The van der Waals surface area contributed by atoms with Gasteiger partial charge in [-0.1, -0.05) is 11.6 Å². The highest BCUT2D eigenvalue weighted by atomic mass is 35.5. The van der Waals surface area contributed by atoms with Crippen LogP contribution in [0.15, 0.2) is 47.4 Å². The average molecular weight is 358 g/mol. The molecule has 0 aliphatic carbocycles. The van der Waals surface area contributed by atoms with E-state index < -0.39 is 21.8 Å². The van der Waals surface area contributed by atoms with Crippen LogP contribution in [0.2, 0.25) is 5.02 Å². The van der Waals surface area contributed by atoms with Gasteiger partial charge in [-0.05, 0) is 42.5 Å². The summed E-state index contributed by atoms with van der Waals surface area (Å²) in [6.07, 6.45) is 0. The van der Waals surface area contributed by atoms with Crippen LogP contribution in [0.3, 0.4) is 0 Å². The fourth-order valence-electron chi connectivity index (χ4n) is 1.70. The van der Waals surface area contributed by atoms with Gasteiger partial charge in [0.25, 0.3) is 0 Å². The molecule has 0 aliphatic heterocycles. The van der Waals surface area contributed by atoms with Crippen LogP contribution in [-0.2, 0) is 10.0 Å². The van der Waals surface area contributed by atoms with Crippen molar-refractivity contribution in [2.75, 3.05) is 14.1 Å². The predicted octanol–water partition coefficient (Wildman–Crippen LogP) is 2.95. The van der Waals surface area contributed by atoms with Crippen LogP contribution in [0, 0.1) is 5.82 Å². The van der Waals surface area contributed by atoms with Crippen LogP contribution < -0.4 is 4.74 Å². The Hall–Kier alpha value is -1.96. The number of ether oxygens (including phenoxy) is 1. The molecule has 2 rings (SSSR count). The van der Waals surface area contributed by atoms with Gasteiger partial charge in [0.05, 0.1) is 15.5 Å². The number of rotatable bonds is 4. The molecular formula is C15H13ClFNO4S. The van der Waals surface area contributed by atoms with Crippen molar-refractivity contribution in [2.45, 2.75) is 4.90 Å².